The van der Waals surface area contributed by atoms with Gasteiger partial charge in [0.1, 0.15) is 0 Å². The first-order chi connectivity index (χ1) is 6.68. The lowest BCUT2D eigenvalue weighted by atomic mass is 10.2. The Morgan fingerprint density at radius 1 is 1.29 bits per heavy atom. The maximum absolute atomic E-state index is 11.4. The summed E-state index contributed by atoms with van der Waals surface area (Å²) in [6, 6.07) is 7.74. The van der Waals surface area contributed by atoms with Gasteiger partial charge in [0.2, 0.25) is 0 Å². The first-order valence-corrected chi connectivity index (χ1v) is 4.02. The van der Waals surface area contributed by atoms with Gasteiger partial charge in [0, 0.05) is 17.0 Å². The Kier molecular flexibility index (Phi) is 1.81. The second-order valence-electron chi connectivity index (χ2n) is 2.88. The molecule has 4 nitrogen and oxygen atoms in total. The van der Waals surface area contributed by atoms with E-state index in [1.165, 1.54) is 0 Å². The summed E-state index contributed by atoms with van der Waals surface area (Å²) >= 11 is 0. The molecule has 0 fully saturated rings. The Bertz CT molecular complexity index is 557. The molecule has 0 amide bonds. The van der Waals surface area contributed by atoms with E-state index in [2.05, 4.69) is 4.98 Å². The number of H-pyrrole nitrogens is 1. The van der Waals surface area contributed by atoms with E-state index >= 15 is 0 Å². The van der Waals surface area contributed by atoms with Crippen LogP contribution in [0.15, 0.2) is 35.1 Å². The predicted octanol–water partition coefficient (Wildman–Crippen LogP) is -0.108. The Hall–Kier alpha value is -2.10. The van der Waals surface area contributed by atoms with Crippen LogP contribution < -0.4 is 10.5 Å². The average Bonchev–Trinajstić information content (AvgIpc) is 2.17. The minimum atomic E-state index is -1.38. The van der Waals surface area contributed by atoms with E-state index in [1.54, 1.807) is 24.3 Å². The number of para-hydroxylation sites is 1. The van der Waals surface area contributed by atoms with E-state index < -0.39 is 5.97 Å². The predicted molar refractivity (Wildman–Crippen MR) is 48.9 cm³/mol. The molecule has 4 heteroatoms. The zero-order valence-electron chi connectivity index (χ0n) is 7.11. The van der Waals surface area contributed by atoms with Crippen LogP contribution in [0.4, 0.5) is 0 Å². The fourth-order valence-corrected chi connectivity index (χ4v) is 1.31. The summed E-state index contributed by atoms with van der Waals surface area (Å²) in [5, 5.41) is 11.0. The molecule has 2 aromatic rings. The largest absolute Gasteiger partial charge is 0.543 e. The van der Waals surface area contributed by atoms with Crippen molar-refractivity contribution < 1.29 is 9.90 Å². The highest BCUT2D eigenvalue weighted by Crippen LogP contribution is 2.06. The van der Waals surface area contributed by atoms with Gasteiger partial charge < -0.3 is 14.9 Å². The van der Waals surface area contributed by atoms with Crippen LogP contribution in [-0.2, 0) is 0 Å². The monoisotopic (exact) mass is 188 g/mol. The standard InChI is InChI=1S/C10H7NO3/c12-9-5-8(10(13)14)11-7-4-2-1-3-6(7)9/h1-5H,(H,11,12)(H,13,14)/p-1. The van der Waals surface area contributed by atoms with Crippen LogP contribution in [0.1, 0.15) is 10.5 Å². The van der Waals surface area contributed by atoms with E-state index in [-0.39, 0.29) is 11.1 Å². The summed E-state index contributed by atoms with van der Waals surface area (Å²) in [5.74, 6) is -1.38. The molecule has 0 saturated heterocycles. The van der Waals surface area contributed by atoms with Gasteiger partial charge >= 0.3 is 0 Å². The molecule has 2 rings (SSSR count). The van der Waals surface area contributed by atoms with E-state index in [4.69, 9.17) is 0 Å². The normalized spacial score (nSPS) is 10.3. The van der Waals surface area contributed by atoms with Crippen molar-refractivity contribution in [3.8, 4) is 0 Å². The third-order valence-corrected chi connectivity index (χ3v) is 1.96. The maximum atomic E-state index is 11.4. The highest BCUT2D eigenvalue weighted by Gasteiger charge is 2.00. The summed E-state index contributed by atoms with van der Waals surface area (Å²) in [6.45, 7) is 0. The van der Waals surface area contributed by atoms with E-state index in [0.29, 0.717) is 10.9 Å². The molecular weight excluding hydrogens is 182 g/mol. The number of aromatic amines is 1. The number of aromatic carboxylic acids is 1. The van der Waals surface area contributed by atoms with E-state index in [0.717, 1.165) is 6.07 Å². The first kappa shape index (κ1) is 8.50. The number of carboxylic acid groups (broad SMARTS) is 1. The fourth-order valence-electron chi connectivity index (χ4n) is 1.31. The molecule has 14 heavy (non-hydrogen) atoms. The number of carbonyl (C=O) groups is 1. The topological polar surface area (TPSA) is 73.0 Å². The van der Waals surface area contributed by atoms with Crippen molar-refractivity contribution in [3.05, 3.63) is 46.2 Å². The third-order valence-electron chi connectivity index (χ3n) is 1.96. The summed E-state index contributed by atoms with van der Waals surface area (Å²) in [6.07, 6.45) is 0. The first-order valence-electron chi connectivity index (χ1n) is 4.02. The van der Waals surface area contributed by atoms with Gasteiger partial charge in [-0.15, -0.1) is 0 Å². The second kappa shape index (κ2) is 2.99. The fraction of sp³-hybridized carbons (Fsp3) is 0. The van der Waals surface area contributed by atoms with Crippen LogP contribution in [0.25, 0.3) is 10.9 Å². The van der Waals surface area contributed by atoms with Crippen LogP contribution in [0.3, 0.4) is 0 Å². The average molecular weight is 188 g/mol. The number of benzene rings is 1. The molecule has 1 heterocycles. The van der Waals surface area contributed by atoms with Gasteiger partial charge in [0.05, 0.1) is 11.7 Å². The lowest BCUT2D eigenvalue weighted by Gasteiger charge is -2.03. The van der Waals surface area contributed by atoms with Crippen LogP contribution >= 0.6 is 0 Å². The summed E-state index contributed by atoms with van der Waals surface area (Å²) in [5.41, 5.74) is -0.0218. The highest BCUT2D eigenvalue weighted by molar-refractivity contribution is 5.88. The zero-order valence-corrected chi connectivity index (χ0v) is 7.11. The van der Waals surface area contributed by atoms with Crippen molar-refractivity contribution in [3.63, 3.8) is 0 Å². The molecule has 1 N–H and O–H groups in total. The molecule has 70 valence electrons. The van der Waals surface area contributed by atoms with Gasteiger partial charge in [-0.05, 0) is 12.1 Å². The lowest BCUT2D eigenvalue weighted by Crippen LogP contribution is -2.25. The molecule has 0 bridgehead atoms. The van der Waals surface area contributed by atoms with Crippen LogP contribution in [-0.4, -0.2) is 11.0 Å². The van der Waals surface area contributed by atoms with Crippen LogP contribution in [0.5, 0.6) is 0 Å². The Morgan fingerprint density at radius 3 is 2.71 bits per heavy atom. The number of fused-ring (bicyclic) bond motifs is 1. The molecule has 0 unspecified atom stereocenters. The molecule has 0 aliphatic carbocycles. The van der Waals surface area contributed by atoms with Crippen molar-refractivity contribution in [2.24, 2.45) is 0 Å². The Labute approximate surface area is 78.8 Å². The minimum absolute atomic E-state index is 0.200. The van der Waals surface area contributed by atoms with Gasteiger partial charge in [0.15, 0.2) is 5.43 Å². The van der Waals surface area contributed by atoms with Crippen molar-refractivity contribution in [2.45, 2.75) is 0 Å². The van der Waals surface area contributed by atoms with Gasteiger partial charge in [0.25, 0.3) is 0 Å². The van der Waals surface area contributed by atoms with Gasteiger partial charge in [-0.3, -0.25) is 4.79 Å². The summed E-state index contributed by atoms with van der Waals surface area (Å²) in [7, 11) is 0. The highest BCUT2D eigenvalue weighted by atomic mass is 16.4. The smallest absolute Gasteiger partial charge is 0.190 e. The number of hydrogen-bond donors (Lipinski definition) is 1. The van der Waals surface area contributed by atoms with Crippen molar-refractivity contribution in [1.82, 2.24) is 4.98 Å². The molecular formula is C10H6NO3-. The van der Waals surface area contributed by atoms with Crippen molar-refractivity contribution >= 4 is 16.9 Å². The molecule has 0 aliphatic heterocycles. The molecule has 0 radical (unpaired) electrons. The molecule has 1 aromatic heterocycles. The number of pyridine rings is 1. The third kappa shape index (κ3) is 1.26. The number of rotatable bonds is 1. The minimum Gasteiger partial charge on any atom is -0.543 e. The number of nitrogens with one attached hydrogen (secondary N) is 1. The van der Waals surface area contributed by atoms with E-state index in [9.17, 15) is 14.7 Å². The van der Waals surface area contributed by atoms with Gasteiger partial charge in [-0.2, -0.15) is 0 Å². The van der Waals surface area contributed by atoms with Gasteiger partial charge in [-0.1, -0.05) is 12.1 Å². The molecule has 1 aromatic carbocycles. The summed E-state index contributed by atoms with van der Waals surface area (Å²) in [4.78, 5) is 24.5. The molecule has 0 spiro atoms. The van der Waals surface area contributed by atoms with Crippen molar-refractivity contribution in [1.29, 1.82) is 0 Å². The Balaban J connectivity index is 2.86. The second-order valence-corrected chi connectivity index (χ2v) is 2.88. The molecule has 0 aliphatic rings. The van der Waals surface area contributed by atoms with Crippen molar-refractivity contribution in [2.75, 3.05) is 0 Å². The number of carbonyl (C=O) groups excluding carboxylic acids is 1. The maximum Gasteiger partial charge on any atom is 0.190 e. The SMILES string of the molecule is O=C([O-])c1cc(=O)c2ccccc2[nH]1. The number of carboxylic acids is 1. The number of hydrogen-bond acceptors (Lipinski definition) is 3. The zero-order chi connectivity index (χ0) is 10.1. The van der Waals surface area contributed by atoms with Gasteiger partial charge in [-0.25, -0.2) is 0 Å². The lowest BCUT2D eigenvalue weighted by molar-refractivity contribution is -0.255. The van der Waals surface area contributed by atoms with Crippen LogP contribution in [0.2, 0.25) is 0 Å². The molecule has 0 atom stereocenters. The molecule has 0 saturated carbocycles. The number of aromatic nitrogens is 1. The quantitative estimate of drug-likeness (QED) is 0.678. The summed E-state index contributed by atoms with van der Waals surface area (Å²) < 4.78 is 0. The van der Waals surface area contributed by atoms with E-state index in [1.807, 2.05) is 0 Å². The Morgan fingerprint density at radius 2 is 2.00 bits per heavy atom. The van der Waals surface area contributed by atoms with Crippen LogP contribution in [0, 0.1) is 0 Å².